The van der Waals surface area contributed by atoms with Gasteiger partial charge < -0.3 is 68.9 Å². The zero-order valence-corrected chi connectivity index (χ0v) is 59.7. The lowest BCUT2D eigenvalue weighted by Gasteiger charge is -2.33. The van der Waals surface area contributed by atoms with Crippen molar-refractivity contribution in [3.8, 4) is 16.9 Å². The number of benzene rings is 4. The number of aliphatic hydroxyl groups excluding tert-OH is 3. The van der Waals surface area contributed by atoms with Gasteiger partial charge in [0.1, 0.15) is 29.7 Å². The number of Topliss-reactive ketones (excluding diaryl/α,β-unsaturated/α-hetero) is 4. The van der Waals surface area contributed by atoms with Crippen LogP contribution in [-0.2, 0) is 84.8 Å². The second-order valence-corrected chi connectivity index (χ2v) is 26.1. The second-order valence-electron chi connectivity index (χ2n) is 26.1. The minimum Gasteiger partial charge on any atom is -0.494 e. The van der Waals surface area contributed by atoms with Crippen molar-refractivity contribution in [2.24, 2.45) is 34.5 Å². The predicted molar refractivity (Wildman–Crippen MR) is 379 cm³/mol. The molecule has 16 N–H and O–H groups in total. The van der Waals surface area contributed by atoms with E-state index in [0.29, 0.717) is 43.7 Å². The highest BCUT2D eigenvalue weighted by atomic mass is 32.1. The van der Waals surface area contributed by atoms with Crippen LogP contribution in [0.4, 0.5) is 4.39 Å². The Bertz CT molecular complexity index is 3650. The Morgan fingerprint density at radius 3 is 1.89 bits per heavy atom. The van der Waals surface area contributed by atoms with E-state index in [0.717, 1.165) is 66.1 Å². The van der Waals surface area contributed by atoms with Crippen molar-refractivity contribution in [2.75, 3.05) is 19.8 Å². The van der Waals surface area contributed by atoms with E-state index >= 15 is 4.39 Å². The largest absolute Gasteiger partial charge is 0.494 e. The third kappa shape index (κ3) is 27.0. The van der Waals surface area contributed by atoms with Crippen LogP contribution in [0.5, 0.6) is 5.75 Å². The van der Waals surface area contributed by atoms with Crippen LogP contribution in [-0.4, -0.2) is 174 Å². The average Bonchev–Trinajstić information content (AvgIpc) is 0.892. The van der Waals surface area contributed by atoms with E-state index in [1.54, 1.807) is 12.1 Å². The number of unbranched alkanes of at least 4 members (excludes halogenated alkanes) is 1. The average molecular weight is 1440 g/mol. The fraction of sp³-hybridized carbons (Fsp3) is 0.500. The highest BCUT2D eigenvalue weighted by molar-refractivity contribution is 7.59. The maximum atomic E-state index is 15.4. The zero-order valence-electron chi connectivity index (χ0n) is 58.7. The number of aromatic nitrogens is 4. The number of aliphatic hydroxyl groups is 3. The third-order valence-corrected chi connectivity index (χ3v) is 17.3. The number of nitrogens with one attached hydrogen (secondary N) is 6. The molecular formula is C72H99FN12O16S. The molecule has 0 bridgehead atoms. The van der Waals surface area contributed by atoms with Crippen LogP contribution < -0.4 is 48.5 Å². The quantitative estimate of drug-likeness (QED) is 0.0249. The topological polar surface area (TPSA) is 471 Å². The van der Waals surface area contributed by atoms with E-state index in [9.17, 15) is 73.2 Å². The highest BCUT2D eigenvalue weighted by Gasteiger charge is 2.43. The maximum absolute atomic E-state index is 15.4. The molecule has 0 spiro atoms. The number of tetrazole rings is 1. The molecule has 102 heavy (non-hydrogen) atoms. The minimum atomic E-state index is -2.06. The van der Waals surface area contributed by atoms with Crippen molar-refractivity contribution in [2.45, 2.75) is 193 Å². The highest BCUT2D eigenvalue weighted by Crippen LogP contribution is 2.32. The van der Waals surface area contributed by atoms with Crippen LogP contribution in [0.3, 0.4) is 0 Å². The summed E-state index contributed by atoms with van der Waals surface area (Å²) in [5, 5.41) is 68.2. The Balaban J connectivity index is 0.0000220. The number of nitrogens with zero attached hydrogens (tertiary/aromatic N) is 3. The van der Waals surface area contributed by atoms with Crippen LogP contribution in [0, 0.1) is 36.9 Å². The van der Waals surface area contributed by atoms with Crippen LogP contribution in [0.15, 0.2) is 84.9 Å². The number of carboxylic acid groups (broad SMARTS) is 1. The molecule has 11 atom stereocenters. The number of carboxylic acids is 1. The minimum absolute atomic E-state index is 0. The lowest BCUT2D eigenvalue weighted by atomic mass is 9.76. The molecule has 1 heterocycles. The molecular weight excluding hydrogens is 1340 g/mol. The van der Waals surface area contributed by atoms with Gasteiger partial charge in [-0.25, -0.2) is 4.39 Å². The Hall–Kier alpha value is -9.20. The van der Waals surface area contributed by atoms with Gasteiger partial charge in [-0.3, -0.25) is 52.7 Å². The van der Waals surface area contributed by atoms with Gasteiger partial charge in [0, 0.05) is 44.4 Å². The first kappa shape index (κ1) is 85.2. The summed E-state index contributed by atoms with van der Waals surface area (Å²) in [5.41, 5.74) is 21.4. The van der Waals surface area contributed by atoms with Gasteiger partial charge in [-0.15, -0.1) is 10.2 Å². The molecule has 1 aromatic heterocycles. The van der Waals surface area contributed by atoms with E-state index in [1.165, 1.54) is 32.0 Å². The number of carbonyl (C=O) groups is 11. The SMILES string of the molecule is CCc1cc(OCCCCN)ccc1-c1ccc(C[C@H](CC(=O)[C@H](CC(=O)O)NC(=O)[C@H](CO)CC(=O)[C@@H](NC(=O)[C@@](C)(CC(=O)[C@@H](NC(=O)CCC(=O)[C@H](Cc2nn[nH]n2)NC(=O)[C@H](C)N)[C@@H](C)O)Cc2ccccc2F)[C@@H](C)O)C(=O)N[C@@H](CCCc2cc(C)cc(C)c2)C(N)=O)cc1.S. The van der Waals surface area contributed by atoms with Crippen LogP contribution in [0.2, 0.25) is 0 Å². The number of ketones is 4. The summed E-state index contributed by atoms with van der Waals surface area (Å²) in [6, 6.07) is 15.2. The fourth-order valence-electron chi connectivity index (χ4n) is 11.7. The standard InChI is InChI=1S/C72H97FN12O16.H2S/c1-8-47-32-52(101-27-12-11-26-74)22-23-53(47)48-20-18-45(19-21-48)31-50(69(98)77-55(67(76)96)17-13-14-46-29-40(2)28-41(3)30-46)33-59(90)57(36-64(94)95)79-70(99)51(39-86)34-60(91)65(43(5)87)81-71(100)72(7,37-49-15-9-10-16-54(49)73)38-61(92)66(44(6)88)80-63(93)25-24-58(89)56(78-68(97)42(4)75)35-62-82-84-85-83-62;/h9-10,15-16,18-23,28-30,32,42-44,50-51,55-57,65-66,86-88H,8,11-14,17,24-27,31,33-39,74-75H2,1-7H3,(H2,76,96)(H,77,98)(H,78,97)(H,79,99)(H,80,93)(H,81,100)(H,94,95)(H,82,83,84,85);1H2/t42-,43+,44+,50+,51-,55-,56-,57-,65-,66-,72+;/m0./s1. The molecule has 28 nitrogen and oxygen atoms in total. The normalized spacial score (nSPS) is 14.8. The maximum Gasteiger partial charge on any atom is 0.305 e. The number of hydrogen-bond acceptors (Lipinski definition) is 20. The van der Waals surface area contributed by atoms with Crippen molar-refractivity contribution in [3.63, 3.8) is 0 Å². The van der Waals surface area contributed by atoms with Crippen LogP contribution in [0.25, 0.3) is 11.1 Å². The van der Waals surface area contributed by atoms with Crippen molar-refractivity contribution in [1.29, 1.82) is 0 Å². The zero-order chi connectivity index (χ0) is 74.7. The van der Waals surface area contributed by atoms with Gasteiger partial charge in [0.2, 0.25) is 35.4 Å². The molecule has 0 unspecified atom stereocenters. The number of hydrogen-bond donors (Lipinski definition) is 13. The molecule has 4 aromatic carbocycles. The molecule has 0 radical (unpaired) electrons. The summed E-state index contributed by atoms with van der Waals surface area (Å²) in [6.45, 7) is 10.7. The fourth-order valence-corrected chi connectivity index (χ4v) is 11.7. The number of carbonyl (C=O) groups excluding carboxylic acids is 10. The van der Waals surface area contributed by atoms with Gasteiger partial charge in [0.05, 0.1) is 61.3 Å². The number of nitrogens with two attached hydrogens (primary N) is 3. The van der Waals surface area contributed by atoms with Gasteiger partial charge in [0.25, 0.3) is 0 Å². The molecule has 0 aliphatic rings. The van der Waals surface area contributed by atoms with Gasteiger partial charge in [-0.05, 0) is 144 Å². The summed E-state index contributed by atoms with van der Waals surface area (Å²) >= 11 is 0. The first-order chi connectivity index (χ1) is 47.8. The van der Waals surface area contributed by atoms with Gasteiger partial charge in [0.15, 0.2) is 29.0 Å². The Kier molecular flexibility index (Phi) is 34.8. The van der Waals surface area contributed by atoms with Crippen molar-refractivity contribution < 1.29 is 82.3 Å². The second kappa shape index (κ2) is 41.7. The molecule has 5 rings (SSSR count). The van der Waals surface area contributed by atoms with Gasteiger partial charge in [-0.1, -0.05) is 96.9 Å². The molecule has 0 fully saturated rings. The molecule has 30 heteroatoms. The number of aromatic amines is 1. The molecule has 556 valence electrons. The molecule has 0 aliphatic heterocycles. The Morgan fingerprint density at radius 1 is 0.676 bits per heavy atom. The number of aliphatic carboxylic acids is 1. The molecule has 0 aliphatic carbocycles. The first-order valence-corrected chi connectivity index (χ1v) is 33.8. The summed E-state index contributed by atoms with van der Waals surface area (Å²) in [5.74, 6) is -14.0. The molecule has 0 saturated heterocycles. The van der Waals surface area contributed by atoms with E-state index < -0.39 is 188 Å². The summed E-state index contributed by atoms with van der Waals surface area (Å²) < 4.78 is 21.4. The van der Waals surface area contributed by atoms with E-state index in [2.05, 4.69) is 47.2 Å². The van der Waals surface area contributed by atoms with Crippen LogP contribution in [0.1, 0.15) is 138 Å². The number of aryl methyl sites for hydroxylation is 4. The lowest BCUT2D eigenvalue weighted by Crippen LogP contribution is -2.55. The van der Waals surface area contributed by atoms with Gasteiger partial charge in [-0.2, -0.15) is 18.7 Å². The smallest absolute Gasteiger partial charge is 0.305 e. The molecule has 5 aromatic rings. The lowest BCUT2D eigenvalue weighted by molar-refractivity contribution is -0.142. The third-order valence-electron chi connectivity index (χ3n) is 17.3. The number of rotatable bonds is 45. The number of ether oxygens (including phenoxy) is 1. The van der Waals surface area contributed by atoms with E-state index in [-0.39, 0.29) is 44.1 Å². The van der Waals surface area contributed by atoms with Crippen LogP contribution >= 0.6 is 13.5 Å². The van der Waals surface area contributed by atoms with E-state index in [1.807, 2.05) is 69.3 Å². The Labute approximate surface area is 599 Å². The first-order valence-electron chi connectivity index (χ1n) is 33.8. The number of primary amides is 1. The van der Waals surface area contributed by atoms with Crippen molar-refractivity contribution >= 4 is 78.0 Å². The summed E-state index contributed by atoms with van der Waals surface area (Å²) in [4.78, 5) is 151. The molecule has 0 saturated carbocycles. The number of halogens is 1. The Morgan fingerprint density at radius 2 is 1.30 bits per heavy atom. The molecule has 6 amide bonds. The number of H-pyrrole nitrogens is 1. The van der Waals surface area contributed by atoms with Crippen molar-refractivity contribution in [1.82, 2.24) is 47.2 Å². The summed E-state index contributed by atoms with van der Waals surface area (Å²) in [7, 11) is 0. The van der Waals surface area contributed by atoms with E-state index in [4.69, 9.17) is 21.9 Å². The van der Waals surface area contributed by atoms with Gasteiger partial charge >= 0.3 is 5.97 Å². The summed E-state index contributed by atoms with van der Waals surface area (Å²) in [6.07, 6.45) is -5.56. The number of amides is 6. The van der Waals surface area contributed by atoms with Crippen molar-refractivity contribution in [3.05, 3.63) is 130 Å². The monoisotopic (exact) mass is 1440 g/mol. The predicted octanol–water partition coefficient (Wildman–Crippen LogP) is 2.42.